The first kappa shape index (κ1) is 14.6. The largest absolute Gasteiger partial charge is 0.357 e. The molecular weight excluding hydrogens is 250 g/mol. The van der Waals surface area contributed by atoms with Crippen LogP contribution in [0.25, 0.3) is 0 Å². The Morgan fingerprint density at radius 1 is 1.45 bits per heavy atom. The van der Waals surface area contributed by atoms with Crippen molar-refractivity contribution in [3.63, 3.8) is 0 Å². The molecule has 2 rings (SSSR count). The highest BCUT2D eigenvalue weighted by molar-refractivity contribution is 5.80. The molecule has 3 N–H and O–H groups in total. The van der Waals surface area contributed by atoms with Gasteiger partial charge in [-0.3, -0.25) is 10.1 Å². The van der Waals surface area contributed by atoms with E-state index >= 15 is 0 Å². The van der Waals surface area contributed by atoms with E-state index < -0.39 is 0 Å². The third kappa shape index (κ3) is 4.40. The Kier molecular flexibility index (Phi) is 5.65. The van der Waals surface area contributed by atoms with E-state index in [1.54, 1.807) is 0 Å². The molecular formula is C15H25N5. The SMILES string of the molecule is CCNC(=NCCCc1cn[nH]c1C)NC1CC=CC1. The average molecular weight is 275 g/mol. The van der Waals surface area contributed by atoms with E-state index in [2.05, 4.69) is 51.8 Å². The van der Waals surface area contributed by atoms with Crippen LogP contribution in [0.3, 0.4) is 0 Å². The number of hydrogen-bond acceptors (Lipinski definition) is 2. The molecule has 5 heteroatoms. The van der Waals surface area contributed by atoms with E-state index in [4.69, 9.17) is 0 Å². The minimum Gasteiger partial charge on any atom is -0.357 e. The zero-order valence-corrected chi connectivity index (χ0v) is 12.4. The zero-order valence-electron chi connectivity index (χ0n) is 12.4. The van der Waals surface area contributed by atoms with Crippen LogP contribution in [0.2, 0.25) is 0 Å². The smallest absolute Gasteiger partial charge is 0.191 e. The van der Waals surface area contributed by atoms with E-state index in [1.165, 1.54) is 5.56 Å². The lowest BCUT2D eigenvalue weighted by Crippen LogP contribution is -2.42. The number of aliphatic imine (C=N–C) groups is 1. The first-order valence-corrected chi connectivity index (χ1v) is 7.48. The van der Waals surface area contributed by atoms with Crippen molar-refractivity contribution in [1.29, 1.82) is 0 Å². The minimum atomic E-state index is 0.504. The first-order valence-electron chi connectivity index (χ1n) is 7.48. The van der Waals surface area contributed by atoms with Gasteiger partial charge in [0.05, 0.1) is 6.20 Å². The van der Waals surface area contributed by atoms with Crippen molar-refractivity contribution in [2.24, 2.45) is 4.99 Å². The van der Waals surface area contributed by atoms with Crippen molar-refractivity contribution in [2.45, 2.75) is 45.6 Å². The molecule has 1 aromatic rings. The van der Waals surface area contributed by atoms with Gasteiger partial charge in [-0.25, -0.2) is 0 Å². The molecule has 0 fully saturated rings. The summed E-state index contributed by atoms with van der Waals surface area (Å²) in [6.07, 6.45) is 10.6. The molecule has 0 spiro atoms. The van der Waals surface area contributed by atoms with Gasteiger partial charge in [-0.2, -0.15) is 5.10 Å². The van der Waals surface area contributed by atoms with Crippen LogP contribution in [0.4, 0.5) is 0 Å². The number of rotatable bonds is 6. The summed E-state index contributed by atoms with van der Waals surface area (Å²) in [6, 6.07) is 0.504. The second kappa shape index (κ2) is 7.72. The summed E-state index contributed by atoms with van der Waals surface area (Å²) in [5.74, 6) is 0.935. The maximum atomic E-state index is 4.64. The summed E-state index contributed by atoms with van der Waals surface area (Å²) in [5, 5.41) is 13.8. The molecule has 0 atom stereocenters. The van der Waals surface area contributed by atoms with Crippen molar-refractivity contribution in [1.82, 2.24) is 20.8 Å². The van der Waals surface area contributed by atoms with Crippen molar-refractivity contribution < 1.29 is 0 Å². The first-order chi connectivity index (χ1) is 9.79. The number of aromatic amines is 1. The second-order valence-corrected chi connectivity index (χ2v) is 5.17. The van der Waals surface area contributed by atoms with Gasteiger partial charge in [-0.05, 0) is 45.1 Å². The molecule has 110 valence electrons. The highest BCUT2D eigenvalue weighted by atomic mass is 15.2. The fourth-order valence-electron chi connectivity index (χ4n) is 2.34. The Balaban J connectivity index is 1.75. The maximum absolute atomic E-state index is 4.64. The summed E-state index contributed by atoms with van der Waals surface area (Å²) in [6.45, 7) is 5.89. The van der Waals surface area contributed by atoms with E-state index in [1.807, 2.05) is 6.20 Å². The van der Waals surface area contributed by atoms with Crippen molar-refractivity contribution >= 4 is 5.96 Å². The number of nitrogens with zero attached hydrogens (tertiary/aromatic N) is 2. The van der Waals surface area contributed by atoms with E-state index in [-0.39, 0.29) is 0 Å². The van der Waals surface area contributed by atoms with Crippen molar-refractivity contribution in [2.75, 3.05) is 13.1 Å². The number of guanidine groups is 1. The van der Waals surface area contributed by atoms with E-state index in [0.717, 1.165) is 50.4 Å². The highest BCUT2D eigenvalue weighted by Crippen LogP contribution is 2.09. The molecule has 1 aromatic heterocycles. The molecule has 0 aliphatic heterocycles. The van der Waals surface area contributed by atoms with Crippen LogP contribution in [0.5, 0.6) is 0 Å². The van der Waals surface area contributed by atoms with Gasteiger partial charge in [0.25, 0.3) is 0 Å². The lowest BCUT2D eigenvalue weighted by atomic mass is 10.1. The van der Waals surface area contributed by atoms with Gasteiger partial charge in [0.1, 0.15) is 0 Å². The van der Waals surface area contributed by atoms with Gasteiger partial charge in [-0.15, -0.1) is 0 Å². The third-order valence-electron chi connectivity index (χ3n) is 3.50. The van der Waals surface area contributed by atoms with Crippen LogP contribution >= 0.6 is 0 Å². The lowest BCUT2D eigenvalue weighted by Gasteiger charge is -2.16. The summed E-state index contributed by atoms with van der Waals surface area (Å²) < 4.78 is 0. The average Bonchev–Trinajstić information content (AvgIpc) is 3.07. The summed E-state index contributed by atoms with van der Waals surface area (Å²) >= 11 is 0. The van der Waals surface area contributed by atoms with Gasteiger partial charge in [0.2, 0.25) is 0 Å². The number of H-pyrrole nitrogens is 1. The van der Waals surface area contributed by atoms with Crippen molar-refractivity contribution in [3.8, 4) is 0 Å². The number of aryl methyl sites for hydroxylation is 2. The molecule has 1 heterocycles. The van der Waals surface area contributed by atoms with Gasteiger partial charge < -0.3 is 10.6 Å². The normalized spacial score (nSPS) is 15.8. The van der Waals surface area contributed by atoms with Crippen LogP contribution < -0.4 is 10.6 Å². The molecule has 20 heavy (non-hydrogen) atoms. The van der Waals surface area contributed by atoms with Crippen molar-refractivity contribution in [3.05, 3.63) is 29.6 Å². The number of hydrogen-bond donors (Lipinski definition) is 3. The third-order valence-corrected chi connectivity index (χ3v) is 3.50. The molecule has 1 aliphatic rings. The quantitative estimate of drug-likeness (QED) is 0.322. The molecule has 0 unspecified atom stereocenters. The molecule has 0 aromatic carbocycles. The fourth-order valence-corrected chi connectivity index (χ4v) is 2.34. The number of aromatic nitrogens is 2. The minimum absolute atomic E-state index is 0.504. The van der Waals surface area contributed by atoms with Crippen LogP contribution in [0, 0.1) is 6.92 Å². The maximum Gasteiger partial charge on any atom is 0.191 e. The Labute approximate surface area is 121 Å². The predicted octanol–water partition coefficient (Wildman–Crippen LogP) is 1.92. The van der Waals surface area contributed by atoms with Gasteiger partial charge in [0.15, 0.2) is 5.96 Å². The summed E-state index contributed by atoms with van der Waals surface area (Å²) in [7, 11) is 0. The topological polar surface area (TPSA) is 65.1 Å². The van der Waals surface area contributed by atoms with Crippen LogP contribution in [0.15, 0.2) is 23.3 Å². The molecule has 1 aliphatic carbocycles. The molecule has 0 radical (unpaired) electrons. The van der Waals surface area contributed by atoms with Gasteiger partial charge in [-0.1, -0.05) is 12.2 Å². The molecule has 0 saturated carbocycles. The standard InChI is InChI=1S/C15H25N5/c1-3-16-15(19-14-8-4-5-9-14)17-10-6-7-13-11-18-20-12(13)2/h4-5,11,14H,3,6-10H2,1-2H3,(H,18,20)(H2,16,17,19). The Morgan fingerprint density at radius 2 is 2.25 bits per heavy atom. The van der Waals surface area contributed by atoms with Crippen LogP contribution in [-0.4, -0.2) is 35.3 Å². The fraction of sp³-hybridized carbons (Fsp3) is 0.600. The van der Waals surface area contributed by atoms with E-state index in [0.29, 0.717) is 6.04 Å². The predicted molar refractivity (Wildman–Crippen MR) is 82.9 cm³/mol. The lowest BCUT2D eigenvalue weighted by molar-refractivity contribution is 0.632. The van der Waals surface area contributed by atoms with Crippen LogP contribution in [-0.2, 0) is 6.42 Å². The number of nitrogens with one attached hydrogen (secondary N) is 3. The molecule has 0 bridgehead atoms. The molecule has 5 nitrogen and oxygen atoms in total. The second-order valence-electron chi connectivity index (χ2n) is 5.17. The zero-order chi connectivity index (χ0) is 14.2. The molecule has 0 saturated heterocycles. The summed E-state index contributed by atoms with van der Waals surface area (Å²) in [5.41, 5.74) is 2.45. The van der Waals surface area contributed by atoms with Gasteiger partial charge >= 0.3 is 0 Å². The van der Waals surface area contributed by atoms with Crippen LogP contribution in [0.1, 0.15) is 37.4 Å². The molecule has 0 amide bonds. The van der Waals surface area contributed by atoms with E-state index in [9.17, 15) is 0 Å². The Bertz CT molecular complexity index is 453. The Hall–Kier alpha value is -1.78. The highest BCUT2D eigenvalue weighted by Gasteiger charge is 2.11. The Morgan fingerprint density at radius 3 is 2.90 bits per heavy atom. The van der Waals surface area contributed by atoms with Gasteiger partial charge in [0, 0.05) is 24.8 Å². The monoisotopic (exact) mass is 275 g/mol. The summed E-state index contributed by atoms with van der Waals surface area (Å²) in [4.78, 5) is 4.64.